The number of aryl methyl sites for hydroxylation is 1. The van der Waals surface area contributed by atoms with E-state index in [0.29, 0.717) is 11.4 Å². The van der Waals surface area contributed by atoms with E-state index in [2.05, 4.69) is 5.32 Å². The Morgan fingerprint density at radius 1 is 1.35 bits per heavy atom. The van der Waals surface area contributed by atoms with Crippen molar-refractivity contribution in [2.45, 2.75) is 19.4 Å². The maximum Gasteiger partial charge on any atom is 0.259 e. The number of hydrogen-bond donors (Lipinski definition) is 2. The van der Waals surface area contributed by atoms with E-state index in [1.165, 1.54) is 12.0 Å². The third-order valence-corrected chi connectivity index (χ3v) is 3.27. The normalized spacial score (nSPS) is 11.7. The van der Waals surface area contributed by atoms with Gasteiger partial charge in [0.15, 0.2) is 6.61 Å². The first-order valence-corrected chi connectivity index (χ1v) is 7.33. The molecule has 0 aliphatic carbocycles. The molecule has 0 aliphatic rings. The van der Waals surface area contributed by atoms with Gasteiger partial charge in [-0.3, -0.25) is 9.59 Å². The Morgan fingerprint density at radius 3 is 2.61 bits per heavy atom. The molecule has 23 heavy (non-hydrogen) atoms. The summed E-state index contributed by atoms with van der Waals surface area (Å²) in [4.78, 5) is 25.1. The number of carbonyl (C=O) groups excluding carboxylic acids is 2. The monoisotopic (exact) mass is 323 g/mol. The van der Waals surface area contributed by atoms with Crippen LogP contribution in [0.4, 0.5) is 5.69 Å². The number of benzene rings is 1. The van der Waals surface area contributed by atoms with Gasteiger partial charge >= 0.3 is 0 Å². The summed E-state index contributed by atoms with van der Waals surface area (Å²) in [5.74, 6) is 0.0663. The highest BCUT2D eigenvalue weighted by molar-refractivity contribution is 5.92. The van der Waals surface area contributed by atoms with Crippen LogP contribution in [0.5, 0.6) is 5.75 Å². The molecule has 128 valence electrons. The summed E-state index contributed by atoms with van der Waals surface area (Å²) in [6.45, 7) is 2.07. The van der Waals surface area contributed by atoms with Crippen LogP contribution in [0.15, 0.2) is 18.2 Å². The number of hydrogen-bond acceptors (Lipinski definition) is 5. The van der Waals surface area contributed by atoms with Crippen molar-refractivity contribution in [2.75, 3.05) is 39.7 Å². The zero-order chi connectivity index (χ0) is 17.4. The molecule has 0 radical (unpaired) electrons. The molecule has 0 aliphatic heterocycles. The molecule has 0 heterocycles. The van der Waals surface area contributed by atoms with E-state index in [0.717, 1.165) is 5.56 Å². The summed E-state index contributed by atoms with van der Waals surface area (Å²) < 4.78 is 10.6. The van der Waals surface area contributed by atoms with Gasteiger partial charge in [-0.1, -0.05) is 6.07 Å². The molecule has 2 amide bonds. The van der Waals surface area contributed by atoms with Gasteiger partial charge in [-0.25, -0.2) is 0 Å². The minimum atomic E-state index is -0.333. The molecular weight excluding hydrogens is 298 g/mol. The molecule has 1 atom stereocenters. The van der Waals surface area contributed by atoms with Crippen molar-refractivity contribution in [3.63, 3.8) is 0 Å². The topological polar surface area (TPSA) is 93.9 Å². The molecule has 0 spiro atoms. The number of nitrogens with zero attached hydrogens (tertiary/aromatic N) is 1. The van der Waals surface area contributed by atoms with Gasteiger partial charge < -0.3 is 25.4 Å². The van der Waals surface area contributed by atoms with E-state index < -0.39 is 0 Å². The lowest BCUT2D eigenvalue weighted by atomic mass is 10.2. The molecular formula is C16H25N3O4. The Morgan fingerprint density at radius 2 is 2.04 bits per heavy atom. The Labute approximate surface area is 136 Å². The predicted molar refractivity (Wildman–Crippen MR) is 88.5 cm³/mol. The molecule has 0 saturated heterocycles. The van der Waals surface area contributed by atoms with Crippen molar-refractivity contribution in [3.05, 3.63) is 23.8 Å². The van der Waals surface area contributed by atoms with Gasteiger partial charge in [0.2, 0.25) is 5.91 Å². The van der Waals surface area contributed by atoms with Gasteiger partial charge in [-0.05, 0) is 24.6 Å². The van der Waals surface area contributed by atoms with Gasteiger partial charge in [0.25, 0.3) is 5.91 Å². The summed E-state index contributed by atoms with van der Waals surface area (Å²) in [5.41, 5.74) is 6.99. The van der Waals surface area contributed by atoms with Crippen LogP contribution in [-0.4, -0.2) is 57.2 Å². The molecule has 0 saturated carbocycles. The summed E-state index contributed by atoms with van der Waals surface area (Å²) in [6.07, 6.45) is -0.183. The first kappa shape index (κ1) is 18.9. The molecule has 1 aromatic carbocycles. The van der Waals surface area contributed by atoms with E-state index in [4.69, 9.17) is 15.2 Å². The number of nitrogens with two attached hydrogens (primary N) is 1. The van der Waals surface area contributed by atoms with E-state index >= 15 is 0 Å². The molecule has 0 fully saturated rings. The lowest BCUT2D eigenvalue weighted by molar-refractivity contribution is -0.130. The number of likely N-dealkylation sites (N-methyl/N-ethyl adjacent to an activating group) is 1. The van der Waals surface area contributed by atoms with Crippen LogP contribution in [0.2, 0.25) is 0 Å². The first-order chi connectivity index (χ1) is 10.9. The molecule has 7 heteroatoms. The Balaban J connectivity index is 2.78. The zero-order valence-electron chi connectivity index (χ0n) is 14.1. The lowest BCUT2D eigenvalue weighted by Crippen LogP contribution is -2.29. The van der Waals surface area contributed by atoms with Gasteiger partial charge in [-0.2, -0.15) is 0 Å². The summed E-state index contributed by atoms with van der Waals surface area (Å²) in [7, 11) is 4.82. The molecule has 3 N–H and O–H groups in total. The SMILES string of the molecule is COC(CN)CC(=O)Nc1ccc(C)cc1OCC(=O)N(C)C. The minimum absolute atomic E-state index is 0.0944. The highest BCUT2D eigenvalue weighted by atomic mass is 16.5. The largest absolute Gasteiger partial charge is 0.482 e. The summed E-state index contributed by atoms with van der Waals surface area (Å²) >= 11 is 0. The second-order valence-corrected chi connectivity index (χ2v) is 5.42. The number of nitrogens with one attached hydrogen (secondary N) is 1. The molecule has 0 aromatic heterocycles. The average molecular weight is 323 g/mol. The third-order valence-electron chi connectivity index (χ3n) is 3.27. The predicted octanol–water partition coefficient (Wildman–Crippen LogP) is 0.764. The number of methoxy groups -OCH3 is 1. The van der Waals surface area contributed by atoms with Crippen LogP contribution in [0.25, 0.3) is 0 Å². The average Bonchev–Trinajstić information content (AvgIpc) is 2.52. The van der Waals surface area contributed by atoms with Gasteiger partial charge in [0.05, 0.1) is 18.2 Å². The lowest BCUT2D eigenvalue weighted by Gasteiger charge is -2.16. The fraction of sp³-hybridized carbons (Fsp3) is 0.500. The van der Waals surface area contributed by atoms with E-state index in [1.54, 1.807) is 26.2 Å². The number of amides is 2. The van der Waals surface area contributed by atoms with Crippen molar-refractivity contribution < 1.29 is 19.1 Å². The summed E-state index contributed by atoms with van der Waals surface area (Å²) in [5, 5.41) is 2.77. The fourth-order valence-electron chi connectivity index (χ4n) is 1.79. The number of rotatable bonds is 8. The van der Waals surface area contributed by atoms with Crippen molar-refractivity contribution in [3.8, 4) is 5.75 Å². The van der Waals surface area contributed by atoms with Crippen LogP contribution >= 0.6 is 0 Å². The van der Waals surface area contributed by atoms with Crippen LogP contribution < -0.4 is 15.8 Å². The second kappa shape index (κ2) is 9.12. The van der Waals surface area contributed by atoms with Gasteiger partial charge in [-0.15, -0.1) is 0 Å². The summed E-state index contributed by atoms with van der Waals surface area (Å²) in [6, 6.07) is 5.37. The smallest absolute Gasteiger partial charge is 0.259 e. The molecule has 1 aromatic rings. The molecule has 0 bridgehead atoms. The van der Waals surface area contributed by atoms with E-state index in [1.807, 2.05) is 13.0 Å². The van der Waals surface area contributed by atoms with Crippen molar-refractivity contribution in [1.82, 2.24) is 4.90 Å². The fourth-order valence-corrected chi connectivity index (χ4v) is 1.79. The van der Waals surface area contributed by atoms with E-state index in [-0.39, 0.29) is 37.5 Å². The minimum Gasteiger partial charge on any atom is -0.482 e. The number of anilines is 1. The zero-order valence-corrected chi connectivity index (χ0v) is 14.1. The Bertz CT molecular complexity index is 542. The third kappa shape index (κ3) is 6.25. The van der Waals surface area contributed by atoms with Crippen molar-refractivity contribution in [2.24, 2.45) is 5.73 Å². The Kier molecular flexibility index (Phi) is 7.50. The second-order valence-electron chi connectivity index (χ2n) is 5.42. The highest BCUT2D eigenvalue weighted by Gasteiger charge is 2.14. The quantitative estimate of drug-likeness (QED) is 0.737. The number of ether oxygens (including phenoxy) is 2. The number of carbonyl (C=O) groups is 2. The van der Waals surface area contributed by atoms with Crippen molar-refractivity contribution in [1.29, 1.82) is 0 Å². The van der Waals surface area contributed by atoms with Crippen LogP contribution in [0.1, 0.15) is 12.0 Å². The standard InChI is InChI=1S/C16H25N3O4/c1-11-5-6-13(18-15(20)8-12(9-17)22-4)14(7-11)23-10-16(21)19(2)3/h5-7,12H,8-10,17H2,1-4H3,(H,18,20). The highest BCUT2D eigenvalue weighted by Crippen LogP contribution is 2.26. The van der Waals surface area contributed by atoms with Crippen molar-refractivity contribution >= 4 is 17.5 Å². The molecule has 1 rings (SSSR count). The maximum atomic E-state index is 12.0. The first-order valence-electron chi connectivity index (χ1n) is 7.33. The maximum absolute atomic E-state index is 12.0. The van der Waals surface area contributed by atoms with Gasteiger partial charge in [0, 0.05) is 27.7 Å². The van der Waals surface area contributed by atoms with Gasteiger partial charge in [0.1, 0.15) is 5.75 Å². The van der Waals surface area contributed by atoms with Crippen LogP contribution in [0, 0.1) is 6.92 Å². The molecule has 1 unspecified atom stereocenters. The van der Waals surface area contributed by atoms with E-state index in [9.17, 15) is 9.59 Å². The van der Waals surface area contributed by atoms with Crippen LogP contribution in [0.3, 0.4) is 0 Å². The Hall–Kier alpha value is -2.12. The van der Waals surface area contributed by atoms with Crippen LogP contribution in [-0.2, 0) is 14.3 Å². The molecule has 7 nitrogen and oxygen atoms in total.